The number of hydrogen-bond acceptors (Lipinski definition) is 7. The molecule has 0 bridgehead atoms. The first-order valence-corrected chi connectivity index (χ1v) is 14.8. The summed E-state index contributed by atoms with van der Waals surface area (Å²) in [6.07, 6.45) is 9.87. The molecule has 0 heterocycles. The van der Waals surface area contributed by atoms with Gasteiger partial charge < -0.3 is 14.0 Å². The Morgan fingerprint density at radius 3 is 1.92 bits per heavy atom. The second-order valence-electron chi connectivity index (χ2n) is 9.14. The van der Waals surface area contributed by atoms with Crippen LogP contribution in [0.25, 0.3) is 0 Å². The number of carbonyl (C=O) groups is 2. The minimum atomic E-state index is -3.72. The third-order valence-corrected chi connectivity index (χ3v) is 7.47. The van der Waals surface area contributed by atoms with Crippen LogP contribution in [0.4, 0.5) is 0 Å². The van der Waals surface area contributed by atoms with Crippen LogP contribution >= 0.6 is 7.75 Å². The van der Waals surface area contributed by atoms with Gasteiger partial charge in [-0.1, -0.05) is 83.4 Å². The van der Waals surface area contributed by atoms with Crippen LogP contribution in [0.3, 0.4) is 0 Å². The summed E-state index contributed by atoms with van der Waals surface area (Å²) in [6, 6.07) is 8.71. The molecule has 0 fully saturated rings. The first-order chi connectivity index (χ1) is 17.3. The molecule has 0 aliphatic carbocycles. The first-order valence-electron chi connectivity index (χ1n) is 13.3. The van der Waals surface area contributed by atoms with Gasteiger partial charge in [-0.3, -0.25) is 14.1 Å². The van der Waals surface area contributed by atoms with E-state index in [0.717, 1.165) is 64.2 Å². The van der Waals surface area contributed by atoms with Crippen molar-refractivity contribution in [3.63, 3.8) is 0 Å². The summed E-state index contributed by atoms with van der Waals surface area (Å²) in [5, 5.41) is 0. The Hall–Kier alpha value is -1.89. The number of hydrogen-bond donors (Lipinski definition) is 0. The Labute approximate surface area is 217 Å². The zero-order chi connectivity index (χ0) is 26.7. The number of para-hydroxylation sites is 1. The highest BCUT2D eigenvalue weighted by Crippen LogP contribution is 2.50. The van der Waals surface area contributed by atoms with Gasteiger partial charge in [-0.25, -0.2) is 9.24 Å². The van der Waals surface area contributed by atoms with Crippen molar-refractivity contribution in [2.45, 2.75) is 97.0 Å². The van der Waals surface area contributed by atoms with Crippen molar-refractivity contribution in [1.82, 2.24) is 4.67 Å². The van der Waals surface area contributed by atoms with E-state index >= 15 is 0 Å². The minimum absolute atomic E-state index is 0.159. The van der Waals surface area contributed by atoms with E-state index in [2.05, 4.69) is 13.8 Å². The van der Waals surface area contributed by atoms with E-state index in [1.807, 2.05) is 6.07 Å². The summed E-state index contributed by atoms with van der Waals surface area (Å²) in [5.41, 5.74) is 0. The van der Waals surface area contributed by atoms with Crippen molar-refractivity contribution < 1.29 is 32.7 Å². The molecule has 0 aliphatic heterocycles. The molecule has 0 saturated carbocycles. The molecule has 0 saturated heterocycles. The number of carbonyl (C=O) groups excluding carboxylic acids is 2. The van der Waals surface area contributed by atoms with Gasteiger partial charge >= 0.3 is 19.7 Å². The van der Waals surface area contributed by atoms with Gasteiger partial charge in [0.1, 0.15) is 12.4 Å². The molecule has 0 radical (unpaired) electrons. The predicted molar refractivity (Wildman–Crippen MR) is 142 cm³/mol. The fourth-order valence-corrected chi connectivity index (χ4v) is 4.57. The molecule has 36 heavy (non-hydrogen) atoms. The van der Waals surface area contributed by atoms with E-state index in [1.54, 1.807) is 38.4 Å². The molecule has 0 spiro atoms. The zero-order valence-corrected chi connectivity index (χ0v) is 23.5. The smallest absolute Gasteiger partial charge is 0.460 e. The molecule has 8 nitrogen and oxygen atoms in total. The van der Waals surface area contributed by atoms with Crippen molar-refractivity contribution >= 4 is 19.7 Å². The lowest BCUT2D eigenvalue weighted by Gasteiger charge is -2.26. The van der Waals surface area contributed by atoms with Gasteiger partial charge in [0.2, 0.25) is 0 Å². The third-order valence-electron chi connectivity index (χ3n) is 5.57. The molecule has 9 heteroatoms. The van der Waals surface area contributed by atoms with Gasteiger partial charge in [0.05, 0.1) is 6.61 Å². The largest absolute Gasteiger partial charge is 0.462 e. The van der Waals surface area contributed by atoms with Crippen molar-refractivity contribution in [2.24, 2.45) is 0 Å². The van der Waals surface area contributed by atoms with Gasteiger partial charge in [0.15, 0.2) is 6.10 Å². The molecular formula is C27H46NO7P. The van der Waals surface area contributed by atoms with Gasteiger partial charge in [0, 0.05) is 12.8 Å². The molecule has 0 N–H and O–H groups in total. The molecule has 1 aromatic carbocycles. The quantitative estimate of drug-likeness (QED) is 0.0966. The maximum Gasteiger partial charge on any atom is 0.460 e. The van der Waals surface area contributed by atoms with Crippen molar-refractivity contribution in [3.8, 4) is 5.75 Å². The first kappa shape index (κ1) is 32.1. The summed E-state index contributed by atoms with van der Waals surface area (Å²) in [4.78, 5) is 24.6. The Morgan fingerprint density at radius 2 is 1.36 bits per heavy atom. The number of ether oxygens (including phenoxy) is 2. The van der Waals surface area contributed by atoms with Gasteiger partial charge in [-0.2, -0.15) is 0 Å². The van der Waals surface area contributed by atoms with Crippen LogP contribution in [-0.4, -0.2) is 50.0 Å². The monoisotopic (exact) mass is 527 g/mol. The molecule has 1 rings (SSSR count). The molecule has 0 aromatic heterocycles. The molecule has 206 valence electrons. The van der Waals surface area contributed by atoms with E-state index in [0.29, 0.717) is 12.2 Å². The Morgan fingerprint density at radius 1 is 0.806 bits per heavy atom. The van der Waals surface area contributed by atoms with Crippen LogP contribution in [-0.2, 0) is 28.2 Å². The lowest BCUT2D eigenvalue weighted by molar-refractivity contribution is -0.161. The Balaban J connectivity index is 2.68. The normalized spacial score (nSPS) is 13.7. The van der Waals surface area contributed by atoms with Crippen LogP contribution in [0.15, 0.2) is 30.3 Å². The predicted octanol–water partition coefficient (Wildman–Crippen LogP) is 6.93. The van der Waals surface area contributed by atoms with E-state index in [1.165, 1.54) is 4.67 Å². The Bertz CT molecular complexity index is 773. The second kappa shape index (κ2) is 19.3. The standard InChI is InChI=1S/C27H46NO7P/c1-5-7-9-11-16-20-26(29)32-22-25(34-27(30)21-17-12-10-8-6-2)23-33-36(31,28(3)4)35-24-18-14-13-15-19-24/h13-15,18-19,25H,5-12,16-17,20-23H2,1-4H3/t25-,36?/m0/s1. The topological polar surface area (TPSA) is 91.4 Å². The number of rotatable bonds is 21. The molecule has 1 aromatic rings. The van der Waals surface area contributed by atoms with Crippen molar-refractivity contribution in [3.05, 3.63) is 30.3 Å². The molecule has 0 amide bonds. The summed E-state index contributed by atoms with van der Waals surface area (Å²) >= 11 is 0. The number of nitrogens with zero attached hydrogens (tertiary/aromatic N) is 1. The highest BCUT2D eigenvalue weighted by molar-refractivity contribution is 7.51. The Kier molecular flexibility index (Phi) is 17.2. The van der Waals surface area contributed by atoms with Crippen LogP contribution < -0.4 is 4.52 Å². The summed E-state index contributed by atoms with van der Waals surface area (Å²) in [5.74, 6) is -0.340. The lowest BCUT2D eigenvalue weighted by Crippen LogP contribution is -2.30. The lowest BCUT2D eigenvalue weighted by atomic mass is 10.1. The minimum Gasteiger partial charge on any atom is -0.462 e. The van der Waals surface area contributed by atoms with Crippen molar-refractivity contribution in [1.29, 1.82) is 0 Å². The average molecular weight is 528 g/mol. The maximum atomic E-state index is 13.3. The SMILES string of the molecule is CCCCCCCC(=O)OC[C@@H](COP(=O)(Oc1ccccc1)N(C)C)OC(=O)CCCCCCC. The van der Waals surface area contributed by atoms with Gasteiger partial charge in [-0.05, 0) is 39.1 Å². The molecule has 2 atom stereocenters. The van der Waals surface area contributed by atoms with E-state index in [4.69, 9.17) is 18.5 Å². The zero-order valence-electron chi connectivity index (χ0n) is 22.6. The van der Waals surface area contributed by atoms with E-state index < -0.39 is 13.9 Å². The van der Waals surface area contributed by atoms with Gasteiger partial charge in [0.25, 0.3) is 0 Å². The maximum absolute atomic E-state index is 13.3. The van der Waals surface area contributed by atoms with Crippen molar-refractivity contribution in [2.75, 3.05) is 27.3 Å². The number of unbranched alkanes of at least 4 members (excludes halogenated alkanes) is 8. The van der Waals surface area contributed by atoms with Crippen LogP contribution in [0.1, 0.15) is 90.9 Å². The molecule has 0 aliphatic rings. The highest BCUT2D eigenvalue weighted by atomic mass is 31.2. The highest BCUT2D eigenvalue weighted by Gasteiger charge is 2.32. The fourth-order valence-electron chi connectivity index (χ4n) is 3.38. The summed E-state index contributed by atoms with van der Waals surface area (Å²) in [6.45, 7) is 3.89. The van der Waals surface area contributed by atoms with E-state index in [9.17, 15) is 14.2 Å². The summed E-state index contributed by atoms with van der Waals surface area (Å²) in [7, 11) is -0.553. The average Bonchev–Trinajstić information content (AvgIpc) is 2.86. The fraction of sp³-hybridized carbons (Fsp3) is 0.704. The van der Waals surface area contributed by atoms with Crippen LogP contribution in [0.2, 0.25) is 0 Å². The number of esters is 2. The third kappa shape index (κ3) is 14.6. The van der Waals surface area contributed by atoms with E-state index in [-0.39, 0.29) is 31.6 Å². The number of benzene rings is 1. The summed E-state index contributed by atoms with van der Waals surface area (Å²) < 4.78 is 36.9. The molecule has 1 unspecified atom stereocenters. The van der Waals surface area contributed by atoms with Gasteiger partial charge in [-0.15, -0.1) is 0 Å². The second-order valence-corrected chi connectivity index (χ2v) is 11.3. The molecular weight excluding hydrogens is 481 g/mol. The van der Waals surface area contributed by atoms with Crippen LogP contribution in [0, 0.1) is 0 Å². The van der Waals surface area contributed by atoms with Crippen LogP contribution in [0.5, 0.6) is 5.75 Å².